The third-order valence-electron chi connectivity index (χ3n) is 5.26. The molecule has 4 nitrogen and oxygen atoms in total. The van der Waals surface area contributed by atoms with Gasteiger partial charge in [-0.3, -0.25) is 4.79 Å². The molecule has 0 fully saturated rings. The molecule has 35 heavy (non-hydrogen) atoms. The summed E-state index contributed by atoms with van der Waals surface area (Å²) in [5.41, 5.74) is 5.24. The zero-order valence-electron chi connectivity index (χ0n) is 18.2. The minimum atomic E-state index is -4.52. The number of ether oxygens (including phenoxy) is 1. The van der Waals surface area contributed by atoms with Crippen LogP contribution >= 0.6 is 11.6 Å². The Morgan fingerprint density at radius 2 is 1.66 bits per heavy atom. The smallest absolute Gasteiger partial charge is 0.416 e. The summed E-state index contributed by atoms with van der Waals surface area (Å²) in [4.78, 5) is 14.1. The van der Waals surface area contributed by atoms with Crippen molar-refractivity contribution in [3.63, 3.8) is 0 Å². The lowest BCUT2D eigenvalue weighted by atomic mass is 10.0. The van der Waals surface area contributed by atoms with E-state index >= 15 is 4.39 Å². The van der Waals surface area contributed by atoms with E-state index in [1.807, 2.05) is 0 Å². The Morgan fingerprint density at radius 3 is 2.20 bits per heavy atom. The molecule has 11 heteroatoms. The van der Waals surface area contributed by atoms with E-state index in [1.165, 1.54) is 24.3 Å². The summed E-state index contributed by atoms with van der Waals surface area (Å²) >= 11 is 5.89. The van der Waals surface area contributed by atoms with Crippen LogP contribution in [0.25, 0.3) is 0 Å². The second kappa shape index (κ2) is 10.6. The van der Waals surface area contributed by atoms with E-state index < -0.39 is 57.6 Å². The summed E-state index contributed by atoms with van der Waals surface area (Å²) in [6, 6.07) is 8.19. The van der Waals surface area contributed by atoms with E-state index in [1.54, 1.807) is 0 Å². The Balaban J connectivity index is 1.97. The van der Waals surface area contributed by atoms with Crippen LogP contribution in [0.15, 0.2) is 54.6 Å². The Bertz CT molecular complexity index is 1200. The lowest BCUT2D eigenvalue weighted by Crippen LogP contribution is -2.40. The third kappa shape index (κ3) is 5.88. The fourth-order valence-corrected chi connectivity index (χ4v) is 3.64. The lowest BCUT2D eigenvalue weighted by molar-refractivity contribution is -0.137. The maximum atomic E-state index is 15.1. The zero-order valence-corrected chi connectivity index (χ0v) is 18.9. The van der Waals surface area contributed by atoms with Gasteiger partial charge in [0.1, 0.15) is 16.9 Å². The standard InChI is InChI=1S/C24H19ClF6N2O2/c1-35-22-17(27)12-18(20(28)19(22)25)33(23(34)21(32)14-4-8-16(26)9-5-14)11-10-13-2-6-15(7-3-13)24(29,30)31/h2-9,12,21H,10-11,32H2,1H3. The molecule has 0 aromatic heterocycles. The first kappa shape index (κ1) is 26.4. The van der Waals surface area contributed by atoms with Crippen LogP contribution in [0.3, 0.4) is 0 Å². The zero-order chi connectivity index (χ0) is 25.9. The third-order valence-corrected chi connectivity index (χ3v) is 5.60. The highest BCUT2D eigenvalue weighted by Crippen LogP contribution is 2.37. The van der Waals surface area contributed by atoms with Gasteiger partial charge in [-0.1, -0.05) is 35.9 Å². The van der Waals surface area contributed by atoms with Crippen LogP contribution in [0, 0.1) is 17.5 Å². The number of alkyl halides is 3. The molecule has 1 unspecified atom stereocenters. The summed E-state index contributed by atoms with van der Waals surface area (Å²) in [5, 5.41) is -0.704. The fraction of sp³-hybridized carbons (Fsp3) is 0.208. The summed E-state index contributed by atoms with van der Waals surface area (Å²) in [5.74, 6) is -4.20. The number of amides is 1. The van der Waals surface area contributed by atoms with Crippen molar-refractivity contribution in [3.05, 3.63) is 93.8 Å². The quantitative estimate of drug-likeness (QED) is 0.307. The molecule has 0 spiro atoms. The van der Waals surface area contributed by atoms with Crippen LogP contribution < -0.4 is 15.4 Å². The number of nitrogens with two attached hydrogens (primary N) is 1. The van der Waals surface area contributed by atoms with Gasteiger partial charge in [-0.05, 0) is 41.8 Å². The van der Waals surface area contributed by atoms with E-state index in [0.717, 1.165) is 36.3 Å². The SMILES string of the molecule is COc1c(F)cc(N(CCc2ccc(C(F)(F)F)cc2)C(=O)C(N)c2ccc(F)cc2)c(F)c1Cl. The molecule has 2 N–H and O–H groups in total. The van der Waals surface area contributed by atoms with Crippen molar-refractivity contribution in [3.8, 4) is 5.75 Å². The van der Waals surface area contributed by atoms with Crippen LogP contribution in [-0.4, -0.2) is 19.6 Å². The van der Waals surface area contributed by atoms with Gasteiger partial charge < -0.3 is 15.4 Å². The molecule has 0 radical (unpaired) electrons. The Labute approximate surface area is 201 Å². The number of benzene rings is 3. The van der Waals surface area contributed by atoms with Crippen LogP contribution in [0.2, 0.25) is 5.02 Å². The average Bonchev–Trinajstić information content (AvgIpc) is 2.82. The van der Waals surface area contributed by atoms with E-state index in [9.17, 15) is 26.7 Å². The lowest BCUT2D eigenvalue weighted by Gasteiger charge is -2.27. The van der Waals surface area contributed by atoms with Gasteiger partial charge in [-0.25, -0.2) is 13.2 Å². The second-order valence-electron chi connectivity index (χ2n) is 7.50. The van der Waals surface area contributed by atoms with E-state index in [0.29, 0.717) is 11.6 Å². The maximum Gasteiger partial charge on any atom is 0.416 e. The van der Waals surface area contributed by atoms with Crippen molar-refractivity contribution in [2.45, 2.75) is 18.6 Å². The molecule has 0 aliphatic carbocycles. The number of hydrogen-bond donors (Lipinski definition) is 1. The second-order valence-corrected chi connectivity index (χ2v) is 7.88. The van der Waals surface area contributed by atoms with Crippen LogP contribution in [0.1, 0.15) is 22.7 Å². The number of carbonyl (C=O) groups excluding carboxylic acids is 1. The molecule has 1 atom stereocenters. The van der Waals surface area contributed by atoms with E-state index in [4.69, 9.17) is 22.1 Å². The minimum absolute atomic E-state index is 0.0231. The van der Waals surface area contributed by atoms with Crippen LogP contribution in [-0.2, 0) is 17.4 Å². The van der Waals surface area contributed by atoms with Crippen molar-refractivity contribution >= 4 is 23.2 Å². The number of carbonyl (C=O) groups is 1. The molecule has 0 aliphatic rings. The number of halogens is 7. The van der Waals surface area contributed by atoms with Gasteiger partial charge in [0.15, 0.2) is 17.4 Å². The molecule has 0 aliphatic heterocycles. The van der Waals surface area contributed by atoms with Crippen LogP contribution in [0.5, 0.6) is 5.75 Å². The predicted molar refractivity (Wildman–Crippen MR) is 119 cm³/mol. The largest absolute Gasteiger partial charge is 0.492 e. The molecular formula is C24H19ClF6N2O2. The van der Waals surface area contributed by atoms with E-state index in [-0.39, 0.29) is 18.5 Å². The van der Waals surface area contributed by atoms with Crippen molar-refractivity contribution in [2.24, 2.45) is 5.73 Å². The van der Waals surface area contributed by atoms with Crippen molar-refractivity contribution < 1.29 is 35.9 Å². The van der Waals surface area contributed by atoms with Crippen molar-refractivity contribution in [2.75, 3.05) is 18.6 Å². The molecule has 0 saturated heterocycles. The molecule has 0 saturated carbocycles. The van der Waals surface area contributed by atoms with Gasteiger partial charge in [0.05, 0.1) is 18.4 Å². The Morgan fingerprint density at radius 1 is 1.06 bits per heavy atom. The molecule has 0 bridgehead atoms. The molecule has 3 aromatic rings. The van der Waals surface area contributed by atoms with Crippen molar-refractivity contribution in [1.29, 1.82) is 0 Å². The highest BCUT2D eigenvalue weighted by Gasteiger charge is 2.31. The summed E-state index contributed by atoms with van der Waals surface area (Å²) in [6.45, 7) is -0.280. The Hall–Kier alpha value is -3.24. The molecule has 0 heterocycles. The highest BCUT2D eigenvalue weighted by molar-refractivity contribution is 6.32. The van der Waals surface area contributed by atoms with Gasteiger partial charge in [0.2, 0.25) is 5.91 Å². The first-order valence-electron chi connectivity index (χ1n) is 10.1. The average molecular weight is 517 g/mol. The fourth-order valence-electron chi connectivity index (χ4n) is 3.38. The number of anilines is 1. The van der Waals surface area contributed by atoms with Gasteiger partial charge in [-0.2, -0.15) is 13.2 Å². The monoisotopic (exact) mass is 516 g/mol. The number of nitrogens with zero attached hydrogens (tertiary/aromatic N) is 1. The summed E-state index contributed by atoms with van der Waals surface area (Å²) in [6.07, 6.45) is -4.55. The van der Waals surface area contributed by atoms with Crippen LogP contribution in [0.4, 0.5) is 32.0 Å². The van der Waals surface area contributed by atoms with Gasteiger partial charge in [-0.15, -0.1) is 0 Å². The molecule has 1 amide bonds. The number of rotatable bonds is 7. The molecule has 3 aromatic carbocycles. The topological polar surface area (TPSA) is 55.6 Å². The molecule has 3 rings (SSSR count). The Kier molecular flexibility index (Phi) is 7.97. The summed E-state index contributed by atoms with van der Waals surface area (Å²) < 4.78 is 86.1. The minimum Gasteiger partial charge on any atom is -0.492 e. The first-order valence-corrected chi connectivity index (χ1v) is 10.5. The highest BCUT2D eigenvalue weighted by atomic mass is 35.5. The molecule has 186 valence electrons. The summed E-state index contributed by atoms with van der Waals surface area (Å²) in [7, 11) is 1.08. The predicted octanol–water partition coefficient (Wildman–Crippen LogP) is 6.06. The van der Waals surface area contributed by atoms with Gasteiger partial charge >= 0.3 is 6.18 Å². The number of methoxy groups -OCH3 is 1. The maximum absolute atomic E-state index is 15.1. The van der Waals surface area contributed by atoms with Gasteiger partial charge in [0.25, 0.3) is 0 Å². The normalized spacial score (nSPS) is 12.4. The molecular weight excluding hydrogens is 498 g/mol. The first-order chi connectivity index (χ1) is 16.4. The van der Waals surface area contributed by atoms with Gasteiger partial charge in [0, 0.05) is 12.6 Å². The number of hydrogen-bond acceptors (Lipinski definition) is 3. The van der Waals surface area contributed by atoms with E-state index in [2.05, 4.69) is 0 Å². The van der Waals surface area contributed by atoms with Crippen molar-refractivity contribution in [1.82, 2.24) is 0 Å².